The fourth-order valence-electron chi connectivity index (χ4n) is 1.58. The van der Waals surface area contributed by atoms with Crippen molar-refractivity contribution in [3.63, 3.8) is 0 Å². The van der Waals surface area contributed by atoms with Crippen LogP contribution in [-0.4, -0.2) is 22.1 Å². The van der Waals surface area contributed by atoms with E-state index in [0.29, 0.717) is 5.92 Å². The molecule has 0 bridgehead atoms. The molecule has 1 aromatic carbocycles. The Bertz CT molecular complexity index is 467. The minimum atomic E-state index is 0.0869. The van der Waals surface area contributed by atoms with E-state index in [2.05, 4.69) is 29.6 Å². The van der Waals surface area contributed by atoms with Crippen molar-refractivity contribution in [2.24, 2.45) is 5.92 Å². The number of aromatic nitrogens is 1. The Balaban J connectivity index is 2.27. The van der Waals surface area contributed by atoms with Gasteiger partial charge in [-0.15, -0.1) is 0 Å². The molecule has 0 aliphatic heterocycles. The first-order valence-corrected chi connectivity index (χ1v) is 6.21. The predicted octanol–water partition coefficient (Wildman–Crippen LogP) is 2.73. The molecule has 4 heteroatoms. The average molecular weight is 236 g/mol. The highest BCUT2D eigenvalue weighted by Crippen LogP contribution is 2.28. The molecule has 0 saturated carbocycles. The van der Waals surface area contributed by atoms with Crippen molar-refractivity contribution in [1.82, 2.24) is 4.37 Å². The lowest BCUT2D eigenvalue weighted by molar-refractivity contribution is 0.249. The summed E-state index contributed by atoms with van der Waals surface area (Å²) >= 11 is 1.45. The number of anilines is 1. The molecule has 0 aliphatic carbocycles. The lowest BCUT2D eigenvalue weighted by Crippen LogP contribution is -2.28. The number of hydrogen-bond acceptors (Lipinski definition) is 4. The SMILES string of the molecule is CC(C)[C@@H](CO)Nc1snc2ccccc12. The standard InChI is InChI=1S/C12H16N2OS/c1-8(2)11(7-15)13-12-9-5-3-4-6-10(9)14-16-12/h3-6,8,11,13,15H,7H2,1-2H3/t11-/m1/s1. The molecule has 0 unspecified atom stereocenters. The molecule has 1 aromatic heterocycles. The van der Waals surface area contributed by atoms with Crippen molar-refractivity contribution in [2.45, 2.75) is 19.9 Å². The summed E-state index contributed by atoms with van der Waals surface area (Å²) in [4.78, 5) is 0. The second-order valence-electron chi connectivity index (χ2n) is 4.21. The van der Waals surface area contributed by atoms with E-state index >= 15 is 0 Å². The smallest absolute Gasteiger partial charge is 0.117 e. The van der Waals surface area contributed by atoms with Crippen molar-refractivity contribution in [3.8, 4) is 0 Å². The molecule has 86 valence electrons. The van der Waals surface area contributed by atoms with Gasteiger partial charge in [-0.3, -0.25) is 0 Å². The van der Waals surface area contributed by atoms with E-state index < -0.39 is 0 Å². The highest BCUT2D eigenvalue weighted by Gasteiger charge is 2.14. The van der Waals surface area contributed by atoms with Gasteiger partial charge in [-0.2, -0.15) is 4.37 Å². The minimum Gasteiger partial charge on any atom is -0.394 e. The fourth-order valence-corrected chi connectivity index (χ4v) is 2.41. The second kappa shape index (κ2) is 4.80. The summed E-state index contributed by atoms with van der Waals surface area (Å²) in [5, 5.41) is 14.8. The first-order valence-electron chi connectivity index (χ1n) is 5.44. The van der Waals surface area contributed by atoms with Gasteiger partial charge in [0.15, 0.2) is 0 Å². The van der Waals surface area contributed by atoms with Crippen LogP contribution in [0.5, 0.6) is 0 Å². The van der Waals surface area contributed by atoms with Crippen LogP contribution in [0.2, 0.25) is 0 Å². The Hall–Kier alpha value is -1.13. The Morgan fingerprint density at radius 1 is 1.38 bits per heavy atom. The zero-order valence-electron chi connectivity index (χ0n) is 9.47. The van der Waals surface area contributed by atoms with Crippen LogP contribution in [0.1, 0.15) is 13.8 Å². The third-order valence-corrected chi connectivity index (χ3v) is 3.51. The first-order chi connectivity index (χ1) is 7.72. The number of hydrogen-bond donors (Lipinski definition) is 2. The van der Waals surface area contributed by atoms with Crippen LogP contribution in [0.3, 0.4) is 0 Å². The molecule has 0 aliphatic rings. The van der Waals surface area contributed by atoms with E-state index in [1.165, 1.54) is 11.5 Å². The van der Waals surface area contributed by atoms with Gasteiger partial charge in [0.25, 0.3) is 0 Å². The van der Waals surface area contributed by atoms with Gasteiger partial charge in [-0.1, -0.05) is 26.0 Å². The number of rotatable bonds is 4. The number of aliphatic hydroxyl groups is 1. The molecule has 0 spiro atoms. The predicted molar refractivity (Wildman–Crippen MR) is 69.0 cm³/mol. The molecule has 0 radical (unpaired) electrons. The maximum absolute atomic E-state index is 9.29. The maximum Gasteiger partial charge on any atom is 0.117 e. The quantitative estimate of drug-likeness (QED) is 0.858. The largest absolute Gasteiger partial charge is 0.394 e. The van der Waals surface area contributed by atoms with Crippen LogP contribution < -0.4 is 5.32 Å². The molecule has 16 heavy (non-hydrogen) atoms. The Kier molecular flexibility index (Phi) is 3.41. The summed E-state index contributed by atoms with van der Waals surface area (Å²) in [7, 11) is 0. The van der Waals surface area contributed by atoms with Gasteiger partial charge >= 0.3 is 0 Å². The van der Waals surface area contributed by atoms with Crippen molar-refractivity contribution < 1.29 is 5.11 Å². The van der Waals surface area contributed by atoms with Gasteiger partial charge in [0, 0.05) is 5.39 Å². The molecule has 3 nitrogen and oxygen atoms in total. The minimum absolute atomic E-state index is 0.0869. The average Bonchev–Trinajstić information content (AvgIpc) is 2.69. The van der Waals surface area contributed by atoms with Crippen LogP contribution in [0, 0.1) is 5.92 Å². The monoisotopic (exact) mass is 236 g/mol. The zero-order chi connectivity index (χ0) is 11.5. The van der Waals surface area contributed by atoms with Gasteiger partial charge in [0.2, 0.25) is 0 Å². The van der Waals surface area contributed by atoms with Crippen LogP contribution in [-0.2, 0) is 0 Å². The molecule has 0 amide bonds. The lowest BCUT2D eigenvalue weighted by atomic mass is 10.1. The molecule has 2 aromatic rings. The van der Waals surface area contributed by atoms with Crippen molar-refractivity contribution in [2.75, 3.05) is 11.9 Å². The van der Waals surface area contributed by atoms with Gasteiger partial charge in [-0.05, 0) is 29.6 Å². The van der Waals surface area contributed by atoms with Crippen molar-refractivity contribution in [1.29, 1.82) is 0 Å². The molecular weight excluding hydrogens is 220 g/mol. The summed E-state index contributed by atoms with van der Waals surface area (Å²) in [5.74, 6) is 0.394. The van der Waals surface area contributed by atoms with Crippen LogP contribution in [0.4, 0.5) is 5.00 Å². The number of aliphatic hydroxyl groups excluding tert-OH is 1. The summed E-state index contributed by atoms with van der Waals surface area (Å²) in [6.45, 7) is 4.33. The lowest BCUT2D eigenvalue weighted by Gasteiger charge is -2.19. The number of nitrogens with zero attached hydrogens (tertiary/aromatic N) is 1. The maximum atomic E-state index is 9.29. The van der Waals surface area contributed by atoms with E-state index in [0.717, 1.165) is 15.9 Å². The van der Waals surface area contributed by atoms with E-state index in [1.54, 1.807) is 0 Å². The zero-order valence-corrected chi connectivity index (χ0v) is 10.3. The van der Waals surface area contributed by atoms with Gasteiger partial charge in [0.1, 0.15) is 5.00 Å². The van der Waals surface area contributed by atoms with E-state index in [1.807, 2.05) is 18.2 Å². The van der Waals surface area contributed by atoms with Crippen molar-refractivity contribution >= 4 is 27.4 Å². The summed E-state index contributed by atoms with van der Waals surface area (Å²) in [6, 6.07) is 8.13. The van der Waals surface area contributed by atoms with Crippen molar-refractivity contribution in [3.05, 3.63) is 24.3 Å². The highest BCUT2D eigenvalue weighted by atomic mass is 32.1. The van der Waals surface area contributed by atoms with E-state index in [9.17, 15) is 5.11 Å². The van der Waals surface area contributed by atoms with E-state index in [4.69, 9.17) is 0 Å². The number of benzene rings is 1. The van der Waals surface area contributed by atoms with Gasteiger partial charge in [0.05, 0.1) is 18.2 Å². The van der Waals surface area contributed by atoms with Crippen LogP contribution in [0.25, 0.3) is 10.9 Å². The Morgan fingerprint density at radius 3 is 2.81 bits per heavy atom. The normalized spacial score (nSPS) is 13.2. The molecule has 0 fully saturated rings. The summed E-state index contributed by atoms with van der Waals surface area (Å²) in [5.41, 5.74) is 1.01. The van der Waals surface area contributed by atoms with Crippen LogP contribution >= 0.6 is 11.5 Å². The molecule has 0 saturated heterocycles. The van der Waals surface area contributed by atoms with Gasteiger partial charge in [-0.25, -0.2) is 0 Å². The first kappa shape index (κ1) is 11.4. The molecule has 2 rings (SSSR count). The molecule has 2 N–H and O–H groups in total. The summed E-state index contributed by atoms with van der Waals surface area (Å²) < 4.78 is 4.36. The van der Waals surface area contributed by atoms with E-state index in [-0.39, 0.29) is 12.6 Å². The third-order valence-electron chi connectivity index (χ3n) is 2.70. The third kappa shape index (κ3) is 2.18. The summed E-state index contributed by atoms with van der Waals surface area (Å²) in [6.07, 6.45) is 0. The highest BCUT2D eigenvalue weighted by molar-refractivity contribution is 7.11. The molecular formula is C12H16N2OS. The topological polar surface area (TPSA) is 45.1 Å². The molecule has 1 heterocycles. The second-order valence-corrected chi connectivity index (χ2v) is 4.98. The van der Waals surface area contributed by atoms with Crippen LogP contribution in [0.15, 0.2) is 24.3 Å². The fraction of sp³-hybridized carbons (Fsp3) is 0.417. The number of fused-ring (bicyclic) bond motifs is 1. The Morgan fingerprint density at radius 2 is 2.12 bits per heavy atom. The Labute approximate surface area is 99.3 Å². The molecule has 1 atom stereocenters. The number of nitrogens with one attached hydrogen (secondary N) is 1. The van der Waals surface area contributed by atoms with Gasteiger partial charge < -0.3 is 10.4 Å².